The number of hydrogen-bond acceptors (Lipinski definition) is 4. The average Bonchev–Trinajstić information content (AvgIpc) is 2.49. The molecule has 1 rings (SSSR count). The molecule has 0 heterocycles. The molecule has 0 unspecified atom stereocenters. The molecule has 0 aliphatic rings. The van der Waals surface area contributed by atoms with E-state index in [9.17, 15) is 0 Å². The number of aliphatic hydroxyl groups is 1. The highest BCUT2D eigenvalue weighted by atomic mass is 16.5. The van der Waals surface area contributed by atoms with E-state index in [1.807, 2.05) is 24.3 Å². The van der Waals surface area contributed by atoms with Gasteiger partial charge in [0.15, 0.2) is 0 Å². The second kappa shape index (κ2) is 9.86. The zero-order valence-electron chi connectivity index (χ0n) is 11.8. The van der Waals surface area contributed by atoms with Gasteiger partial charge in [-0.15, -0.1) is 0 Å². The fourth-order valence-corrected chi connectivity index (χ4v) is 1.73. The van der Waals surface area contributed by atoms with Crippen LogP contribution in [-0.2, 0) is 0 Å². The number of aliphatic hydroxyl groups excluding tert-OH is 1. The predicted octanol–water partition coefficient (Wildman–Crippen LogP) is 1.64. The predicted molar refractivity (Wildman–Crippen MR) is 78.2 cm³/mol. The lowest BCUT2D eigenvalue weighted by Crippen LogP contribution is -2.29. The quantitative estimate of drug-likeness (QED) is 0.767. The van der Waals surface area contributed by atoms with E-state index in [1.54, 1.807) is 0 Å². The lowest BCUT2D eigenvalue weighted by Gasteiger charge is -2.18. The van der Waals surface area contributed by atoms with Gasteiger partial charge in [-0.05, 0) is 24.7 Å². The van der Waals surface area contributed by atoms with Crippen LogP contribution in [-0.4, -0.2) is 42.9 Å². The second-order valence-electron chi connectivity index (χ2n) is 4.18. The molecule has 0 atom stereocenters. The van der Waals surface area contributed by atoms with E-state index in [0.29, 0.717) is 13.0 Å². The Bertz CT molecular complexity index is 497. The van der Waals surface area contributed by atoms with Crippen molar-refractivity contribution in [1.29, 1.82) is 5.26 Å². The van der Waals surface area contributed by atoms with Gasteiger partial charge < -0.3 is 9.84 Å². The molecule has 0 fully saturated rings. The first-order valence-corrected chi connectivity index (χ1v) is 6.72. The SMILES string of the molecule is CCN(CCC#N)CCOc1cccc(C#CCO)c1. The molecule has 0 radical (unpaired) electrons. The molecule has 0 saturated carbocycles. The van der Waals surface area contributed by atoms with Gasteiger partial charge >= 0.3 is 0 Å². The fourth-order valence-electron chi connectivity index (χ4n) is 1.73. The van der Waals surface area contributed by atoms with Crippen LogP contribution in [0.3, 0.4) is 0 Å². The maximum atomic E-state index is 8.66. The van der Waals surface area contributed by atoms with Gasteiger partial charge in [-0.1, -0.05) is 24.8 Å². The van der Waals surface area contributed by atoms with Crippen LogP contribution >= 0.6 is 0 Å². The van der Waals surface area contributed by atoms with Crippen LogP contribution in [0.5, 0.6) is 5.75 Å². The Morgan fingerprint density at radius 2 is 2.20 bits per heavy atom. The minimum absolute atomic E-state index is 0.143. The smallest absolute Gasteiger partial charge is 0.120 e. The van der Waals surface area contributed by atoms with Crippen molar-refractivity contribution in [2.24, 2.45) is 0 Å². The Balaban J connectivity index is 2.43. The third-order valence-corrected chi connectivity index (χ3v) is 2.81. The van der Waals surface area contributed by atoms with Crippen LogP contribution in [0.25, 0.3) is 0 Å². The topological polar surface area (TPSA) is 56.5 Å². The second-order valence-corrected chi connectivity index (χ2v) is 4.18. The third kappa shape index (κ3) is 6.24. The summed E-state index contributed by atoms with van der Waals surface area (Å²) in [4.78, 5) is 2.18. The van der Waals surface area contributed by atoms with Crippen LogP contribution in [0.2, 0.25) is 0 Å². The molecule has 0 aliphatic carbocycles. The van der Waals surface area contributed by atoms with Gasteiger partial charge in [0.25, 0.3) is 0 Å². The van der Waals surface area contributed by atoms with Crippen molar-refractivity contribution in [1.82, 2.24) is 4.90 Å². The van der Waals surface area contributed by atoms with Crippen molar-refractivity contribution in [3.8, 4) is 23.7 Å². The molecule has 0 aromatic heterocycles. The van der Waals surface area contributed by atoms with Gasteiger partial charge in [-0.3, -0.25) is 4.90 Å². The molecule has 0 saturated heterocycles. The van der Waals surface area contributed by atoms with E-state index in [4.69, 9.17) is 15.1 Å². The number of nitriles is 1. The highest BCUT2D eigenvalue weighted by molar-refractivity contribution is 5.39. The van der Waals surface area contributed by atoms with Gasteiger partial charge in [-0.2, -0.15) is 5.26 Å². The maximum Gasteiger partial charge on any atom is 0.120 e. The van der Waals surface area contributed by atoms with Crippen molar-refractivity contribution in [2.45, 2.75) is 13.3 Å². The highest BCUT2D eigenvalue weighted by Gasteiger charge is 2.02. The molecule has 0 bridgehead atoms. The average molecular weight is 272 g/mol. The standard InChI is InChI=1S/C16H20N2O2/c1-2-18(10-5-9-17)11-13-20-16-8-3-6-15(14-16)7-4-12-19/h3,6,8,14,19H,2,5,10-13H2,1H3. The van der Waals surface area contributed by atoms with Crippen molar-refractivity contribution >= 4 is 0 Å². The number of benzene rings is 1. The lowest BCUT2D eigenvalue weighted by molar-refractivity contribution is 0.218. The molecule has 0 aliphatic heterocycles. The van der Waals surface area contributed by atoms with E-state index >= 15 is 0 Å². The Morgan fingerprint density at radius 1 is 1.35 bits per heavy atom. The van der Waals surface area contributed by atoms with E-state index in [2.05, 4.69) is 29.7 Å². The number of ether oxygens (including phenoxy) is 1. The summed E-state index contributed by atoms with van der Waals surface area (Å²) in [6.45, 7) is 4.99. The summed E-state index contributed by atoms with van der Waals surface area (Å²) in [5.74, 6) is 6.23. The molecule has 0 spiro atoms. The number of rotatable bonds is 7. The van der Waals surface area contributed by atoms with Crippen LogP contribution in [0.1, 0.15) is 18.9 Å². The van der Waals surface area contributed by atoms with Gasteiger partial charge in [0.1, 0.15) is 19.0 Å². The minimum atomic E-state index is -0.143. The zero-order chi connectivity index (χ0) is 14.6. The Morgan fingerprint density at radius 3 is 2.90 bits per heavy atom. The van der Waals surface area contributed by atoms with Gasteiger partial charge in [0.05, 0.1) is 6.07 Å². The summed E-state index contributed by atoms with van der Waals surface area (Å²) in [5.41, 5.74) is 0.827. The summed E-state index contributed by atoms with van der Waals surface area (Å²) in [7, 11) is 0. The van der Waals surface area contributed by atoms with E-state index in [0.717, 1.165) is 30.9 Å². The normalized spacial score (nSPS) is 9.70. The van der Waals surface area contributed by atoms with Gasteiger partial charge in [0, 0.05) is 25.1 Å². The van der Waals surface area contributed by atoms with Crippen molar-refractivity contribution in [3.63, 3.8) is 0 Å². The van der Waals surface area contributed by atoms with E-state index in [1.165, 1.54) is 0 Å². The summed E-state index contributed by atoms with van der Waals surface area (Å²) >= 11 is 0. The molecule has 106 valence electrons. The molecule has 20 heavy (non-hydrogen) atoms. The molecule has 1 aromatic carbocycles. The van der Waals surface area contributed by atoms with Crippen molar-refractivity contribution in [2.75, 3.05) is 32.8 Å². The summed E-state index contributed by atoms with van der Waals surface area (Å²) in [6, 6.07) is 9.64. The first-order chi connectivity index (χ1) is 9.80. The lowest BCUT2D eigenvalue weighted by atomic mass is 10.2. The van der Waals surface area contributed by atoms with Crippen LogP contribution in [0.15, 0.2) is 24.3 Å². The van der Waals surface area contributed by atoms with Crippen LogP contribution < -0.4 is 4.74 Å². The van der Waals surface area contributed by atoms with Crippen LogP contribution in [0.4, 0.5) is 0 Å². The molecular weight excluding hydrogens is 252 g/mol. The molecule has 1 aromatic rings. The largest absolute Gasteiger partial charge is 0.492 e. The molecule has 0 amide bonds. The number of hydrogen-bond donors (Lipinski definition) is 1. The molecular formula is C16H20N2O2. The summed E-state index contributed by atoms with van der Waals surface area (Å²) < 4.78 is 5.68. The Hall–Kier alpha value is -2.01. The Kier molecular flexibility index (Phi) is 7.91. The van der Waals surface area contributed by atoms with Crippen molar-refractivity contribution in [3.05, 3.63) is 29.8 Å². The van der Waals surface area contributed by atoms with Gasteiger partial charge in [-0.25, -0.2) is 0 Å². The maximum absolute atomic E-state index is 8.66. The number of likely N-dealkylation sites (N-methyl/N-ethyl adjacent to an activating group) is 1. The van der Waals surface area contributed by atoms with E-state index < -0.39 is 0 Å². The first-order valence-electron chi connectivity index (χ1n) is 6.72. The zero-order valence-corrected chi connectivity index (χ0v) is 11.8. The number of nitrogens with zero attached hydrogens (tertiary/aromatic N) is 2. The Labute approximate surface area is 120 Å². The monoisotopic (exact) mass is 272 g/mol. The van der Waals surface area contributed by atoms with E-state index in [-0.39, 0.29) is 6.61 Å². The summed E-state index contributed by atoms with van der Waals surface area (Å²) in [6.07, 6.45) is 0.542. The van der Waals surface area contributed by atoms with Crippen LogP contribution in [0, 0.1) is 23.2 Å². The third-order valence-electron chi connectivity index (χ3n) is 2.81. The first kappa shape index (κ1) is 16.0. The van der Waals surface area contributed by atoms with Gasteiger partial charge in [0.2, 0.25) is 0 Å². The highest BCUT2D eigenvalue weighted by Crippen LogP contribution is 2.12. The summed E-state index contributed by atoms with van der Waals surface area (Å²) in [5, 5.41) is 17.2. The van der Waals surface area contributed by atoms with Crippen molar-refractivity contribution < 1.29 is 9.84 Å². The fraction of sp³-hybridized carbons (Fsp3) is 0.438. The minimum Gasteiger partial charge on any atom is -0.492 e. The molecule has 4 nitrogen and oxygen atoms in total. The molecule has 4 heteroatoms. The molecule has 1 N–H and O–H groups in total.